The van der Waals surface area contributed by atoms with Gasteiger partial charge in [-0.1, -0.05) is 42.1 Å². The van der Waals surface area contributed by atoms with Gasteiger partial charge in [0.2, 0.25) is 6.54 Å². The second-order valence-corrected chi connectivity index (χ2v) is 6.82. The van der Waals surface area contributed by atoms with Crippen LogP contribution in [-0.4, -0.2) is 5.91 Å². The van der Waals surface area contributed by atoms with Crippen molar-refractivity contribution in [1.82, 2.24) is 0 Å². The van der Waals surface area contributed by atoms with Gasteiger partial charge in [0.1, 0.15) is 0 Å². The van der Waals surface area contributed by atoms with Crippen LogP contribution in [-0.2, 0) is 11.3 Å². The minimum absolute atomic E-state index is 0. The van der Waals surface area contributed by atoms with Gasteiger partial charge in [0.25, 0.3) is 5.91 Å². The predicted octanol–water partition coefficient (Wildman–Crippen LogP) is 1.12. The summed E-state index contributed by atoms with van der Waals surface area (Å²) in [6.07, 6.45) is 1.95. The number of pyridine rings is 1. The minimum atomic E-state index is 0. The maximum Gasteiger partial charge on any atom is 0.297 e. The van der Waals surface area contributed by atoms with Crippen LogP contribution in [0.15, 0.2) is 82.7 Å². The zero-order chi connectivity index (χ0) is 16.5. The van der Waals surface area contributed by atoms with Crippen LogP contribution < -0.4 is 21.9 Å². The van der Waals surface area contributed by atoms with Crippen molar-refractivity contribution in [2.45, 2.75) is 23.3 Å². The Morgan fingerprint density at radius 1 is 0.920 bits per heavy atom. The molecule has 0 spiro atoms. The molecule has 1 aliphatic heterocycles. The molecule has 0 atom stereocenters. The number of carbonyl (C=O) groups excluding carboxylic acids is 1. The number of halogens is 1. The highest BCUT2D eigenvalue weighted by Crippen LogP contribution is 2.47. The van der Waals surface area contributed by atoms with Crippen LogP contribution in [0.1, 0.15) is 5.69 Å². The smallest absolute Gasteiger partial charge is 0.297 e. The molecule has 126 valence electrons. The van der Waals surface area contributed by atoms with E-state index in [-0.39, 0.29) is 18.3 Å². The maximum absolute atomic E-state index is 13.1. The quantitative estimate of drug-likeness (QED) is 0.633. The molecule has 0 N–H and O–H groups in total. The molecule has 4 rings (SSSR count). The van der Waals surface area contributed by atoms with Crippen molar-refractivity contribution in [3.8, 4) is 0 Å². The van der Waals surface area contributed by atoms with E-state index in [1.54, 1.807) is 11.8 Å². The fraction of sp³-hybridized carbons (Fsp3) is 0.100. The van der Waals surface area contributed by atoms with Crippen molar-refractivity contribution in [3.63, 3.8) is 0 Å². The summed E-state index contributed by atoms with van der Waals surface area (Å²) in [5.41, 5.74) is 2.99. The molecular formula is C20H17ClN2OS. The molecule has 0 aliphatic carbocycles. The van der Waals surface area contributed by atoms with Gasteiger partial charge in [0.05, 0.1) is 11.4 Å². The normalized spacial score (nSPS) is 12.0. The standard InChI is InChI=1S/C20H17N2OS.ClH/c1-15-8-6-7-13-21(15)14-20(23)22-16-9-2-4-11-18(16)24-19-12-5-3-10-17(19)22;/h2-13H,14H2,1H3;1H/q+1;/p-1. The highest BCUT2D eigenvalue weighted by Gasteiger charge is 2.29. The molecule has 5 heteroatoms. The molecule has 2 heterocycles. The average Bonchev–Trinajstić information content (AvgIpc) is 2.61. The molecule has 1 aliphatic rings. The first kappa shape index (κ1) is 17.5. The Hall–Kier alpha value is -2.30. The zero-order valence-electron chi connectivity index (χ0n) is 13.7. The first-order valence-corrected chi connectivity index (χ1v) is 8.69. The third-order valence-electron chi connectivity index (χ3n) is 4.15. The lowest BCUT2D eigenvalue weighted by atomic mass is 10.2. The van der Waals surface area contributed by atoms with Gasteiger partial charge in [0, 0.05) is 28.8 Å². The van der Waals surface area contributed by atoms with Gasteiger partial charge in [-0.05, 0) is 24.3 Å². The summed E-state index contributed by atoms with van der Waals surface area (Å²) in [4.78, 5) is 17.2. The number of carbonyl (C=O) groups is 1. The van der Waals surface area contributed by atoms with Crippen LogP contribution in [0.2, 0.25) is 0 Å². The summed E-state index contributed by atoms with van der Waals surface area (Å²) in [5.74, 6) is 0.0644. The topological polar surface area (TPSA) is 24.2 Å². The van der Waals surface area contributed by atoms with Crippen LogP contribution in [0.25, 0.3) is 0 Å². The van der Waals surface area contributed by atoms with Crippen LogP contribution in [0.5, 0.6) is 0 Å². The van der Waals surface area contributed by atoms with E-state index in [9.17, 15) is 4.79 Å². The van der Waals surface area contributed by atoms with Gasteiger partial charge in [-0.3, -0.25) is 9.69 Å². The second-order valence-electron chi connectivity index (χ2n) is 5.74. The molecule has 0 fully saturated rings. The molecule has 25 heavy (non-hydrogen) atoms. The number of fused-ring (bicyclic) bond motifs is 2. The van der Waals surface area contributed by atoms with Crippen LogP contribution in [0.4, 0.5) is 11.4 Å². The van der Waals surface area contributed by atoms with Crippen molar-refractivity contribution >= 4 is 29.0 Å². The number of benzene rings is 2. The van der Waals surface area contributed by atoms with E-state index in [1.807, 2.05) is 77.2 Å². The molecule has 2 aromatic carbocycles. The number of para-hydroxylation sites is 2. The van der Waals surface area contributed by atoms with Crippen LogP contribution in [0, 0.1) is 6.92 Å². The lowest BCUT2D eigenvalue weighted by Gasteiger charge is -2.30. The number of amides is 1. The number of aromatic nitrogens is 1. The van der Waals surface area contributed by atoms with Gasteiger partial charge < -0.3 is 12.4 Å². The van der Waals surface area contributed by atoms with Gasteiger partial charge in [-0.15, -0.1) is 0 Å². The fourth-order valence-electron chi connectivity index (χ4n) is 2.93. The van der Waals surface area contributed by atoms with E-state index >= 15 is 0 Å². The molecule has 1 aromatic heterocycles. The number of hydrogen-bond donors (Lipinski definition) is 0. The lowest BCUT2D eigenvalue weighted by Crippen LogP contribution is -3.00. The number of nitrogens with zero attached hydrogens (tertiary/aromatic N) is 2. The third kappa shape index (κ3) is 3.28. The van der Waals surface area contributed by atoms with Gasteiger partial charge in [-0.25, -0.2) is 0 Å². The summed E-state index contributed by atoms with van der Waals surface area (Å²) in [6, 6.07) is 22.1. The number of aryl methyl sites for hydroxylation is 1. The first-order chi connectivity index (χ1) is 11.7. The minimum Gasteiger partial charge on any atom is -1.00 e. The van der Waals surface area contributed by atoms with Crippen molar-refractivity contribution in [2.75, 3.05) is 4.90 Å². The van der Waals surface area contributed by atoms with Crippen molar-refractivity contribution < 1.29 is 21.8 Å². The number of anilines is 2. The Morgan fingerprint density at radius 2 is 1.48 bits per heavy atom. The van der Waals surface area contributed by atoms with Crippen molar-refractivity contribution in [1.29, 1.82) is 0 Å². The van der Waals surface area contributed by atoms with Gasteiger partial charge in [-0.2, -0.15) is 4.57 Å². The molecule has 0 saturated heterocycles. The predicted molar refractivity (Wildman–Crippen MR) is 95.5 cm³/mol. The molecule has 3 aromatic rings. The van der Waals surface area contributed by atoms with E-state index < -0.39 is 0 Å². The fourth-order valence-corrected chi connectivity index (χ4v) is 3.99. The molecule has 0 unspecified atom stereocenters. The number of rotatable bonds is 2. The maximum atomic E-state index is 13.1. The molecule has 0 radical (unpaired) electrons. The summed E-state index contributed by atoms with van der Waals surface area (Å²) in [5, 5.41) is 0. The average molecular weight is 369 g/mol. The molecular weight excluding hydrogens is 352 g/mol. The van der Waals surface area contributed by atoms with E-state index in [4.69, 9.17) is 0 Å². The highest BCUT2D eigenvalue weighted by atomic mass is 35.5. The zero-order valence-corrected chi connectivity index (χ0v) is 15.3. The number of hydrogen-bond acceptors (Lipinski definition) is 2. The Morgan fingerprint density at radius 3 is 2.08 bits per heavy atom. The monoisotopic (exact) mass is 368 g/mol. The Kier molecular flexibility index (Phi) is 5.11. The van der Waals surface area contributed by atoms with E-state index in [0.717, 1.165) is 26.9 Å². The summed E-state index contributed by atoms with van der Waals surface area (Å²) < 4.78 is 1.98. The SMILES string of the molecule is Cc1cccc[n+]1CC(=O)N1c2ccccc2Sc2ccccc21.[Cl-]. The Balaban J connectivity index is 0.00000182. The second kappa shape index (κ2) is 7.30. The Labute approximate surface area is 157 Å². The lowest BCUT2D eigenvalue weighted by molar-refractivity contribution is -0.690. The Bertz CT molecular complexity index is 883. The summed E-state index contributed by atoms with van der Waals surface area (Å²) in [7, 11) is 0. The van der Waals surface area contributed by atoms with Crippen LogP contribution >= 0.6 is 11.8 Å². The molecule has 0 bridgehead atoms. The summed E-state index contributed by atoms with van der Waals surface area (Å²) >= 11 is 1.71. The van der Waals surface area contributed by atoms with Crippen molar-refractivity contribution in [2.24, 2.45) is 0 Å². The first-order valence-electron chi connectivity index (χ1n) is 7.88. The van der Waals surface area contributed by atoms with E-state index in [1.165, 1.54) is 0 Å². The van der Waals surface area contributed by atoms with Crippen molar-refractivity contribution in [3.05, 3.63) is 78.6 Å². The molecule has 1 amide bonds. The third-order valence-corrected chi connectivity index (χ3v) is 5.29. The van der Waals surface area contributed by atoms with E-state index in [2.05, 4.69) is 12.1 Å². The van der Waals surface area contributed by atoms with Gasteiger partial charge in [0.15, 0.2) is 11.9 Å². The highest BCUT2D eigenvalue weighted by molar-refractivity contribution is 7.99. The van der Waals surface area contributed by atoms with Gasteiger partial charge >= 0.3 is 0 Å². The molecule has 3 nitrogen and oxygen atoms in total. The van der Waals surface area contributed by atoms with Crippen LogP contribution in [0.3, 0.4) is 0 Å². The largest absolute Gasteiger partial charge is 1.00 e. The summed E-state index contributed by atoms with van der Waals surface area (Å²) in [6.45, 7) is 2.33. The van der Waals surface area contributed by atoms with E-state index in [0.29, 0.717) is 6.54 Å². The molecule has 0 saturated carbocycles.